The SMILES string of the molecule is O=C(O)CCCS(=O)(=O)Nc1cccc(-n2ccnc2)c1. The van der Waals surface area contributed by atoms with Crippen molar-refractivity contribution in [3.05, 3.63) is 43.0 Å². The first-order valence-electron chi connectivity index (χ1n) is 6.27. The Morgan fingerprint density at radius 3 is 2.86 bits per heavy atom. The molecule has 0 unspecified atom stereocenters. The molecule has 1 aromatic heterocycles. The van der Waals surface area contributed by atoms with Crippen LogP contribution in [0.2, 0.25) is 0 Å². The first kappa shape index (κ1) is 15.0. The van der Waals surface area contributed by atoms with Gasteiger partial charge in [-0.25, -0.2) is 13.4 Å². The maximum absolute atomic E-state index is 11.9. The van der Waals surface area contributed by atoms with Gasteiger partial charge >= 0.3 is 5.97 Å². The van der Waals surface area contributed by atoms with Gasteiger partial charge in [0.25, 0.3) is 0 Å². The molecule has 0 aliphatic rings. The Labute approximate surface area is 122 Å². The van der Waals surface area contributed by atoms with Gasteiger partial charge in [-0.15, -0.1) is 0 Å². The predicted octanol–water partition coefficient (Wildman–Crippen LogP) is 1.48. The molecule has 1 heterocycles. The van der Waals surface area contributed by atoms with Crippen LogP contribution < -0.4 is 4.72 Å². The third kappa shape index (κ3) is 4.60. The summed E-state index contributed by atoms with van der Waals surface area (Å²) in [6.45, 7) is 0. The van der Waals surface area contributed by atoms with Crippen LogP contribution in [0.1, 0.15) is 12.8 Å². The molecule has 8 heteroatoms. The van der Waals surface area contributed by atoms with Gasteiger partial charge < -0.3 is 9.67 Å². The topological polar surface area (TPSA) is 101 Å². The van der Waals surface area contributed by atoms with Gasteiger partial charge in [0.15, 0.2) is 0 Å². The Bertz CT molecular complexity index is 711. The number of hydrogen-bond acceptors (Lipinski definition) is 4. The zero-order chi connectivity index (χ0) is 15.3. The van der Waals surface area contributed by atoms with Crippen LogP contribution in [0.25, 0.3) is 5.69 Å². The van der Waals surface area contributed by atoms with Crippen LogP contribution in [0.4, 0.5) is 5.69 Å². The lowest BCUT2D eigenvalue weighted by atomic mass is 10.3. The summed E-state index contributed by atoms with van der Waals surface area (Å²) < 4.78 is 27.9. The summed E-state index contributed by atoms with van der Waals surface area (Å²) in [6, 6.07) is 6.86. The Balaban J connectivity index is 2.05. The van der Waals surface area contributed by atoms with E-state index in [-0.39, 0.29) is 18.6 Å². The average Bonchev–Trinajstić information content (AvgIpc) is 2.91. The third-order valence-corrected chi connectivity index (χ3v) is 4.10. The number of aromatic nitrogens is 2. The zero-order valence-electron chi connectivity index (χ0n) is 11.1. The van der Waals surface area contributed by atoms with E-state index in [1.54, 1.807) is 41.5 Å². The van der Waals surface area contributed by atoms with E-state index in [1.807, 2.05) is 6.07 Å². The smallest absolute Gasteiger partial charge is 0.303 e. The van der Waals surface area contributed by atoms with Gasteiger partial charge in [-0.2, -0.15) is 0 Å². The van der Waals surface area contributed by atoms with E-state index >= 15 is 0 Å². The summed E-state index contributed by atoms with van der Waals surface area (Å²) in [5.74, 6) is -1.23. The van der Waals surface area contributed by atoms with Crippen molar-refractivity contribution in [3.63, 3.8) is 0 Å². The summed E-state index contributed by atoms with van der Waals surface area (Å²) in [5.41, 5.74) is 1.20. The summed E-state index contributed by atoms with van der Waals surface area (Å²) in [6.07, 6.45) is 4.89. The molecule has 1 aromatic carbocycles. The van der Waals surface area contributed by atoms with Crippen molar-refractivity contribution >= 4 is 21.7 Å². The van der Waals surface area contributed by atoms with Gasteiger partial charge in [0.1, 0.15) is 0 Å². The number of imidazole rings is 1. The number of benzene rings is 1. The molecule has 2 rings (SSSR count). The molecule has 2 N–H and O–H groups in total. The van der Waals surface area contributed by atoms with Crippen molar-refractivity contribution in [2.75, 3.05) is 10.5 Å². The fraction of sp³-hybridized carbons (Fsp3) is 0.231. The molecule has 0 aliphatic carbocycles. The number of carboxylic acid groups (broad SMARTS) is 1. The molecule has 0 atom stereocenters. The van der Waals surface area contributed by atoms with Gasteiger partial charge in [0, 0.05) is 24.5 Å². The summed E-state index contributed by atoms with van der Waals surface area (Å²) >= 11 is 0. The van der Waals surface area contributed by atoms with Crippen molar-refractivity contribution in [2.45, 2.75) is 12.8 Å². The average molecular weight is 309 g/mol. The predicted molar refractivity (Wildman–Crippen MR) is 77.8 cm³/mol. The zero-order valence-corrected chi connectivity index (χ0v) is 12.0. The highest BCUT2D eigenvalue weighted by molar-refractivity contribution is 7.92. The molecule has 112 valence electrons. The number of aliphatic carboxylic acids is 1. The quantitative estimate of drug-likeness (QED) is 0.806. The molecule has 0 saturated heterocycles. The minimum Gasteiger partial charge on any atom is -0.481 e. The Morgan fingerprint density at radius 1 is 1.38 bits per heavy atom. The minimum absolute atomic E-state index is 0.0753. The fourth-order valence-corrected chi connectivity index (χ4v) is 2.90. The first-order valence-corrected chi connectivity index (χ1v) is 7.92. The maximum Gasteiger partial charge on any atom is 0.303 e. The second kappa shape index (κ2) is 6.40. The number of sulfonamides is 1. The monoisotopic (exact) mass is 309 g/mol. The lowest BCUT2D eigenvalue weighted by Gasteiger charge is -2.09. The molecule has 21 heavy (non-hydrogen) atoms. The van der Waals surface area contributed by atoms with Gasteiger partial charge in [-0.3, -0.25) is 9.52 Å². The van der Waals surface area contributed by atoms with Crippen LogP contribution in [-0.2, 0) is 14.8 Å². The van der Waals surface area contributed by atoms with Crippen molar-refractivity contribution < 1.29 is 18.3 Å². The Hall–Kier alpha value is -2.35. The van der Waals surface area contributed by atoms with Gasteiger partial charge in [-0.05, 0) is 24.6 Å². The van der Waals surface area contributed by atoms with Crippen molar-refractivity contribution in [1.82, 2.24) is 9.55 Å². The number of carboxylic acids is 1. The van der Waals surface area contributed by atoms with E-state index in [0.717, 1.165) is 5.69 Å². The van der Waals surface area contributed by atoms with Crippen LogP contribution in [0.3, 0.4) is 0 Å². The van der Waals surface area contributed by atoms with Crippen LogP contribution in [0, 0.1) is 0 Å². The Kier molecular flexibility index (Phi) is 4.59. The van der Waals surface area contributed by atoms with E-state index in [1.165, 1.54) is 0 Å². The summed E-state index contributed by atoms with van der Waals surface area (Å²) in [5, 5.41) is 8.52. The molecule has 0 saturated carbocycles. The number of rotatable bonds is 7. The summed E-state index contributed by atoms with van der Waals surface area (Å²) in [7, 11) is -3.55. The molecular weight excluding hydrogens is 294 g/mol. The number of nitrogens with zero attached hydrogens (tertiary/aromatic N) is 2. The van der Waals surface area contributed by atoms with Crippen LogP contribution in [-0.4, -0.2) is 34.8 Å². The molecule has 0 radical (unpaired) electrons. The van der Waals surface area contributed by atoms with Crippen LogP contribution >= 0.6 is 0 Å². The third-order valence-electron chi connectivity index (χ3n) is 2.73. The van der Waals surface area contributed by atoms with Crippen LogP contribution in [0.15, 0.2) is 43.0 Å². The lowest BCUT2D eigenvalue weighted by molar-refractivity contribution is -0.137. The van der Waals surface area contributed by atoms with E-state index < -0.39 is 16.0 Å². The van der Waals surface area contributed by atoms with Crippen molar-refractivity contribution in [2.24, 2.45) is 0 Å². The highest BCUT2D eigenvalue weighted by Gasteiger charge is 2.11. The maximum atomic E-state index is 11.9. The molecule has 0 spiro atoms. The largest absolute Gasteiger partial charge is 0.481 e. The number of nitrogens with one attached hydrogen (secondary N) is 1. The fourth-order valence-electron chi connectivity index (χ4n) is 1.79. The molecule has 0 fully saturated rings. The number of hydrogen-bond donors (Lipinski definition) is 2. The highest BCUT2D eigenvalue weighted by Crippen LogP contribution is 2.16. The van der Waals surface area contributed by atoms with E-state index in [9.17, 15) is 13.2 Å². The van der Waals surface area contributed by atoms with Crippen LogP contribution in [0.5, 0.6) is 0 Å². The van der Waals surface area contributed by atoms with Crippen molar-refractivity contribution in [1.29, 1.82) is 0 Å². The molecule has 0 amide bonds. The Morgan fingerprint density at radius 2 is 2.19 bits per heavy atom. The number of anilines is 1. The molecule has 2 aromatic rings. The van der Waals surface area contributed by atoms with E-state index in [0.29, 0.717) is 5.69 Å². The summed E-state index contributed by atoms with van der Waals surface area (Å²) in [4.78, 5) is 14.3. The minimum atomic E-state index is -3.55. The molecule has 0 bridgehead atoms. The molecular formula is C13H15N3O4S. The van der Waals surface area contributed by atoms with Gasteiger partial charge in [0.05, 0.1) is 17.8 Å². The number of carbonyl (C=O) groups is 1. The van der Waals surface area contributed by atoms with Gasteiger partial charge in [0.2, 0.25) is 10.0 Å². The van der Waals surface area contributed by atoms with E-state index in [4.69, 9.17) is 5.11 Å². The molecule has 7 nitrogen and oxygen atoms in total. The lowest BCUT2D eigenvalue weighted by Crippen LogP contribution is -2.17. The van der Waals surface area contributed by atoms with E-state index in [2.05, 4.69) is 9.71 Å². The molecule has 0 aliphatic heterocycles. The van der Waals surface area contributed by atoms with Gasteiger partial charge in [-0.1, -0.05) is 6.07 Å². The second-order valence-corrected chi connectivity index (χ2v) is 6.28. The van der Waals surface area contributed by atoms with Crippen molar-refractivity contribution in [3.8, 4) is 5.69 Å². The highest BCUT2D eigenvalue weighted by atomic mass is 32.2. The normalized spacial score (nSPS) is 11.2. The standard InChI is InChI=1S/C13H15N3O4S/c17-13(18)5-2-8-21(19,20)15-11-3-1-4-12(9-11)16-7-6-14-10-16/h1,3-4,6-7,9-10,15H,2,5,8H2,(H,17,18). The second-order valence-electron chi connectivity index (χ2n) is 4.44. The first-order chi connectivity index (χ1) is 9.96.